The molecule has 0 atom stereocenters. The highest BCUT2D eigenvalue weighted by Crippen LogP contribution is 2.50. The lowest BCUT2D eigenvalue weighted by molar-refractivity contribution is 1.27. The molecule has 0 aliphatic rings. The molecule has 0 spiro atoms. The Morgan fingerprint density at radius 3 is 1.43 bits per heavy atom. The molecule has 244 valence electrons. The van der Waals surface area contributed by atoms with Gasteiger partial charge in [-0.15, -0.1) is 0 Å². The van der Waals surface area contributed by atoms with Crippen molar-refractivity contribution in [1.29, 1.82) is 0 Å². The third-order valence-electron chi connectivity index (χ3n) is 11.9. The van der Waals surface area contributed by atoms with Crippen LogP contribution in [-0.4, -0.2) is 8.80 Å². The molecule has 3 heteroatoms. The molecule has 9 aromatic carbocycles. The lowest BCUT2D eigenvalue weighted by atomic mass is 9.98. The second kappa shape index (κ2) is 9.81. The van der Waals surface area contributed by atoms with Gasteiger partial charge in [-0.25, -0.2) is 0 Å². The molecule has 0 fully saturated rings. The van der Waals surface area contributed by atoms with Crippen molar-refractivity contribution < 1.29 is 0 Å². The summed E-state index contributed by atoms with van der Waals surface area (Å²) in [6, 6.07) is 65.0. The first-order valence-corrected chi connectivity index (χ1v) is 18.4. The summed E-state index contributed by atoms with van der Waals surface area (Å²) in [7, 11) is 0. The van der Waals surface area contributed by atoms with Crippen molar-refractivity contribution in [2.75, 3.05) is 4.90 Å². The minimum absolute atomic E-state index is 1.13. The Kier molecular flexibility index (Phi) is 5.11. The monoisotopic (exact) mass is 671 g/mol. The molecule has 3 nitrogen and oxygen atoms in total. The fraction of sp³-hybridized carbons (Fsp3) is 0. The average molecular weight is 672 g/mol. The molecule has 4 aromatic heterocycles. The summed E-state index contributed by atoms with van der Waals surface area (Å²) >= 11 is 0. The maximum atomic E-state index is 2.58. The molecule has 0 radical (unpaired) electrons. The van der Waals surface area contributed by atoms with Crippen LogP contribution in [0.1, 0.15) is 0 Å². The van der Waals surface area contributed by atoms with Gasteiger partial charge in [-0.05, 0) is 82.2 Å². The summed E-state index contributed by atoms with van der Waals surface area (Å²) in [5, 5.41) is 15.5. The highest BCUT2D eigenvalue weighted by Gasteiger charge is 2.27. The van der Waals surface area contributed by atoms with Crippen molar-refractivity contribution in [3.63, 3.8) is 0 Å². The Bertz CT molecular complexity index is 3570. The largest absolute Gasteiger partial charge is 0.308 e. The van der Waals surface area contributed by atoms with Gasteiger partial charge in [-0.3, -0.25) is 0 Å². The Balaban J connectivity index is 1.27. The smallest absolute Gasteiger partial charge is 0.0783 e. The van der Waals surface area contributed by atoms with E-state index in [1.54, 1.807) is 0 Å². The zero-order valence-electron chi connectivity index (χ0n) is 28.6. The number of anilines is 3. The number of hydrogen-bond donors (Lipinski definition) is 0. The van der Waals surface area contributed by atoms with Crippen LogP contribution >= 0.6 is 0 Å². The Hall–Kier alpha value is -7.10. The lowest BCUT2D eigenvalue weighted by Gasteiger charge is -2.26. The molecular weight excluding hydrogens is 643 g/mol. The van der Waals surface area contributed by atoms with Gasteiger partial charge < -0.3 is 13.7 Å². The van der Waals surface area contributed by atoms with Gasteiger partial charge in [0.05, 0.1) is 38.8 Å². The summed E-state index contributed by atoms with van der Waals surface area (Å²) in [4.78, 5) is 2.42. The van der Waals surface area contributed by atoms with Crippen LogP contribution in [0, 0.1) is 0 Å². The standard InChI is InChI=1S/C50H29N3/c1-3-16-32(17-4-1)51(33-18-5-2-6-19-33)43-25-13-23-37-47-35-21-10-8-15-31(35)27-41-39-28-44-38(29-45(39)53(48(37)43)50(41)47)40-26-30-14-7-9-20-34(30)46-36-22-11-12-24-42(36)52(44)49(40)46/h1-29H. The van der Waals surface area contributed by atoms with Crippen LogP contribution in [0.2, 0.25) is 0 Å². The number of rotatable bonds is 3. The second-order valence-electron chi connectivity index (χ2n) is 14.5. The van der Waals surface area contributed by atoms with E-state index in [1.807, 2.05) is 0 Å². The van der Waals surface area contributed by atoms with Crippen molar-refractivity contribution in [1.82, 2.24) is 8.80 Å². The van der Waals surface area contributed by atoms with Crippen LogP contribution in [-0.2, 0) is 0 Å². The van der Waals surface area contributed by atoms with E-state index in [0.717, 1.165) is 17.1 Å². The molecule has 4 heterocycles. The number of fused-ring (bicyclic) bond motifs is 16. The quantitative estimate of drug-likeness (QED) is 0.182. The summed E-state index contributed by atoms with van der Waals surface area (Å²) in [5.41, 5.74) is 11.0. The first-order chi connectivity index (χ1) is 26.3. The van der Waals surface area contributed by atoms with Crippen molar-refractivity contribution in [2.45, 2.75) is 0 Å². The predicted octanol–water partition coefficient (Wildman–Crippen LogP) is 13.8. The SMILES string of the molecule is c1ccc(N(c2ccccc2)c2cccc3c4c5ccccc5cc5c6cc7c(cc6n(c23)c54)c2cc3ccccc3c3c4ccccc4n7c23)cc1. The zero-order chi connectivity index (χ0) is 34.4. The van der Waals surface area contributed by atoms with Gasteiger partial charge in [0.1, 0.15) is 0 Å². The lowest BCUT2D eigenvalue weighted by Crippen LogP contribution is -2.10. The van der Waals surface area contributed by atoms with E-state index in [9.17, 15) is 0 Å². The number of benzene rings is 9. The van der Waals surface area contributed by atoms with E-state index in [2.05, 4.69) is 190 Å². The van der Waals surface area contributed by atoms with Gasteiger partial charge in [0.15, 0.2) is 0 Å². The highest BCUT2D eigenvalue weighted by molar-refractivity contribution is 6.36. The topological polar surface area (TPSA) is 12.1 Å². The third kappa shape index (κ3) is 3.40. The van der Waals surface area contributed by atoms with Crippen molar-refractivity contribution in [2.24, 2.45) is 0 Å². The molecule has 0 saturated heterocycles. The molecule has 13 aromatic rings. The van der Waals surface area contributed by atoms with Gasteiger partial charge >= 0.3 is 0 Å². The van der Waals surface area contributed by atoms with Gasteiger partial charge in [0.2, 0.25) is 0 Å². The van der Waals surface area contributed by atoms with E-state index in [0.29, 0.717) is 0 Å². The number of para-hydroxylation sites is 4. The minimum atomic E-state index is 1.13. The minimum Gasteiger partial charge on any atom is -0.308 e. The maximum Gasteiger partial charge on any atom is 0.0783 e. The van der Waals surface area contributed by atoms with E-state index in [1.165, 1.54) is 97.7 Å². The van der Waals surface area contributed by atoms with Gasteiger partial charge in [-0.2, -0.15) is 0 Å². The van der Waals surface area contributed by atoms with Crippen LogP contribution in [0.4, 0.5) is 17.1 Å². The first-order valence-electron chi connectivity index (χ1n) is 18.4. The van der Waals surface area contributed by atoms with E-state index in [-0.39, 0.29) is 0 Å². The maximum absolute atomic E-state index is 2.58. The molecule has 53 heavy (non-hydrogen) atoms. The molecular formula is C50H29N3. The van der Waals surface area contributed by atoms with Crippen molar-refractivity contribution in [3.8, 4) is 0 Å². The van der Waals surface area contributed by atoms with E-state index >= 15 is 0 Å². The first kappa shape index (κ1) is 27.6. The molecule has 0 amide bonds. The molecule has 0 saturated carbocycles. The number of nitrogens with zero attached hydrogens (tertiary/aromatic N) is 3. The zero-order valence-corrected chi connectivity index (χ0v) is 28.6. The van der Waals surface area contributed by atoms with Crippen LogP contribution in [0.25, 0.3) is 97.7 Å². The van der Waals surface area contributed by atoms with Crippen LogP contribution < -0.4 is 4.90 Å². The van der Waals surface area contributed by atoms with Gasteiger partial charge in [0.25, 0.3) is 0 Å². The fourth-order valence-corrected chi connectivity index (χ4v) is 9.81. The fourth-order valence-electron chi connectivity index (χ4n) is 9.81. The second-order valence-corrected chi connectivity index (χ2v) is 14.5. The Morgan fingerprint density at radius 2 is 0.792 bits per heavy atom. The Morgan fingerprint density at radius 1 is 0.302 bits per heavy atom. The number of aromatic nitrogens is 2. The van der Waals surface area contributed by atoms with E-state index < -0.39 is 0 Å². The summed E-state index contributed by atoms with van der Waals surface area (Å²) in [5.74, 6) is 0. The van der Waals surface area contributed by atoms with Crippen molar-refractivity contribution >= 4 is 115 Å². The molecule has 0 aliphatic carbocycles. The normalized spacial score (nSPS) is 12.5. The Labute approximate surface area is 303 Å². The summed E-state index contributed by atoms with van der Waals surface area (Å²) in [6.45, 7) is 0. The molecule has 0 unspecified atom stereocenters. The third-order valence-corrected chi connectivity index (χ3v) is 11.9. The summed E-state index contributed by atoms with van der Waals surface area (Å²) in [6.07, 6.45) is 0. The van der Waals surface area contributed by atoms with Crippen LogP contribution in [0.5, 0.6) is 0 Å². The summed E-state index contributed by atoms with van der Waals surface area (Å²) < 4.78 is 5.12. The molecule has 0 bridgehead atoms. The molecule has 13 rings (SSSR count). The van der Waals surface area contributed by atoms with Gasteiger partial charge in [0, 0.05) is 54.5 Å². The van der Waals surface area contributed by atoms with Crippen LogP contribution in [0.3, 0.4) is 0 Å². The average Bonchev–Trinajstić information content (AvgIpc) is 3.94. The van der Waals surface area contributed by atoms with E-state index in [4.69, 9.17) is 0 Å². The highest BCUT2D eigenvalue weighted by atomic mass is 15.2. The van der Waals surface area contributed by atoms with Gasteiger partial charge in [-0.1, -0.05) is 115 Å². The van der Waals surface area contributed by atoms with Crippen molar-refractivity contribution in [3.05, 3.63) is 176 Å². The molecule has 0 N–H and O–H groups in total. The predicted molar refractivity (Wildman–Crippen MR) is 225 cm³/mol. The molecule has 0 aliphatic heterocycles. The number of hydrogen-bond acceptors (Lipinski definition) is 1. The van der Waals surface area contributed by atoms with Crippen LogP contribution in [0.15, 0.2) is 176 Å².